The number of aromatic nitrogens is 2. The molecular weight excluding hydrogens is 204 g/mol. The van der Waals surface area contributed by atoms with E-state index in [0.29, 0.717) is 6.54 Å². The van der Waals surface area contributed by atoms with Crippen molar-refractivity contribution in [2.75, 3.05) is 25.5 Å². The Morgan fingerprint density at radius 1 is 1.44 bits per heavy atom. The number of hydrogen-bond acceptors (Lipinski definition) is 5. The van der Waals surface area contributed by atoms with Crippen molar-refractivity contribution < 1.29 is 5.11 Å². The zero-order valence-electron chi connectivity index (χ0n) is 10.1. The van der Waals surface area contributed by atoms with E-state index in [1.807, 2.05) is 25.8 Å². The number of likely N-dealkylation sites (N-methyl/N-ethyl adjacent to an activating group) is 1. The van der Waals surface area contributed by atoms with Crippen LogP contribution in [0.2, 0.25) is 0 Å². The van der Waals surface area contributed by atoms with Crippen LogP contribution in [0.3, 0.4) is 0 Å². The maximum Gasteiger partial charge on any atom is 0.144 e. The number of rotatable bonds is 6. The van der Waals surface area contributed by atoms with Gasteiger partial charge >= 0.3 is 0 Å². The van der Waals surface area contributed by atoms with E-state index in [-0.39, 0.29) is 12.6 Å². The molecule has 90 valence electrons. The van der Waals surface area contributed by atoms with E-state index >= 15 is 0 Å². The predicted molar refractivity (Wildman–Crippen MR) is 64.2 cm³/mol. The molecular formula is C11H20N4O. The van der Waals surface area contributed by atoms with Crippen molar-refractivity contribution in [2.45, 2.75) is 26.4 Å². The van der Waals surface area contributed by atoms with Crippen molar-refractivity contribution in [3.63, 3.8) is 0 Å². The number of nitrogens with one attached hydrogen (secondary N) is 1. The average Bonchev–Trinajstić information content (AvgIpc) is 2.31. The Hall–Kier alpha value is -1.20. The topological polar surface area (TPSA) is 61.3 Å². The highest BCUT2D eigenvalue weighted by Crippen LogP contribution is 2.05. The molecule has 1 unspecified atom stereocenters. The molecule has 0 aromatic carbocycles. The minimum absolute atomic E-state index is 0.134. The monoisotopic (exact) mass is 224 g/mol. The maximum atomic E-state index is 9.01. The molecule has 0 saturated carbocycles. The van der Waals surface area contributed by atoms with Crippen molar-refractivity contribution in [1.29, 1.82) is 0 Å². The van der Waals surface area contributed by atoms with E-state index in [1.165, 1.54) is 0 Å². The molecule has 1 aromatic rings. The third kappa shape index (κ3) is 3.75. The first kappa shape index (κ1) is 12.9. The molecule has 0 fully saturated rings. The summed E-state index contributed by atoms with van der Waals surface area (Å²) in [6.07, 6.45) is 3.49. The number of aliphatic hydroxyl groups is 1. The van der Waals surface area contributed by atoms with Crippen LogP contribution in [0.5, 0.6) is 0 Å². The summed E-state index contributed by atoms with van der Waals surface area (Å²) in [4.78, 5) is 10.6. The van der Waals surface area contributed by atoms with Crippen LogP contribution in [0.1, 0.15) is 19.5 Å². The lowest BCUT2D eigenvalue weighted by Gasteiger charge is -2.22. The Labute approximate surface area is 96.5 Å². The first-order valence-electron chi connectivity index (χ1n) is 5.53. The summed E-state index contributed by atoms with van der Waals surface area (Å²) in [5.41, 5.74) is 0.907. The maximum absolute atomic E-state index is 9.01. The smallest absolute Gasteiger partial charge is 0.144 e. The standard InChI is InChI=1S/C11H20N4O/c1-4-12-11-6-13-10(5-14-11)7-15(3)9(2)8-16/h5-6,9,16H,4,7-8H2,1-3H3,(H,12,14). The van der Waals surface area contributed by atoms with Crippen LogP contribution in [0.4, 0.5) is 5.82 Å². The van der Waals surface area contributed by atoms with Gasteiger partial charge in [-0.05, 0) is 20.9 Å². The van der Waals surface area contributed by atoms with Gasteiger partial charge in [-0.15, -0.1) is 0 Å². The summed E-state index contributed by atoms with van der Waals surface area (Å²) < 4.78 is 0. The summed E-state index contributed by atoms with van der Waals surface area (Å²) >= 11 is 0. The van der Waals surface area contributed by atoms with Gasteiger partial charge < -0.3 is 10.4 Å². The lowest BCUT2D eigenvalue weighted by molar-refractivity contribution is 0.153. The summed E-state index contributed by atoms with van der Waals surface area (Å²) in [6.45, 7) is 5.68. The highest BCUT2D eigenvalue weighted by Gasteiger charge is 2.08. The van der Waals surface area contributed by atoms with Gasteiger partial charge in [0.2, 0.25) is 0 Å². The largest absolute Gasteiger partial charge is 0.395 e. The minimum Gasteiger partial charge on any atom is -0.395 e. The summed E-state index contributed by atoms with van der Waals surface area (Å²) in [6, 6.07) is 0.134. The van der Waals surface area contributed by atoms with Crippen LogP contribution >= 0.6 is 0 Å². The zero-order valence-corrected chi connectivity index (χ0v) is 10.1. The number of hydrogen-bond donors (Lipinski definition) is 2. The fourth-order valence-corrected chi connectivity index (χ4v) is 1.26. The highest BCUT2D eigenvalue weighted by molar-refractivity contribution is 5.30. The van der Waals surface area contributed by atoms with Gasteiger partial charge in [0.1, 0.15) is 5.82 Å². The van der Waals surface area contributed by atoms with Gasteiger partial charge in [-0.2, -0.15) is 0 Å². The van der Waals surface area contributed by atoms with Gasteiger partial charge in [-0.1, -0.05) is 0 Å². The summed E-state index contributed by atoms with van der Waals surface area (Å²) in [5, 5.41) is 12.1. The van der Waals surface area contributed by atoms with Crippen molar-refractivity contribution in [1.82, 2.24) is 14.9 Å². The van der Waals surface area contributed by atoms with E-state index in [0.717, 1.165) is 18.1 Å². The molecule has 1 aromatic heterocycles. The van der Waals surface area contributed by atoms with Crippen molar-refractivity contribution in [3.05, 3.63) is 18.1 Å². The quantitative estimate of drug-likeness (QED) is 0.745. The molecule has 0 aliphatic rings. The van der Waals surface area contributed by atoms with Gasteiger partial charge in [0, 0.05) is 19.1 Å². The van der Waals surface area contributed by atoms with Crippen molar-refractivity contribution >= 4 is 5.82 Å². The molecule has 1 atom stereocenters. The second-order valence-corrected chi connectivity index (χ2v) is 3.87. The highest BCUT2D eigenvalue weighted by atomic mass is 16.3. The van der Waals surface area contributed by atoms with E-state index in [1.54, 1.807) is 12.4 Å². The zero-order chi connectivity index (χ0) is 12.0. The molecule has 5 nitrogen and oxygen atoms in total. The van der Waals surface area contributed by atoms with Gasteiger partial charge in [0.05, 0.1) is 24.7 Å². The Bertz CT molecular complexity index is 301. The molecule has 0 amide bonds. The number of nitrogens with zero attached hydrogens (tertiary/aromatic N) is 3. The van der Waals surface area contributed by atoms with E-state index in [9.17, 15) is 0 Å². The Morgan fingerprint density at radius 3 is 2.69 bits per heavy atom. The number of anilines is 1. The second-order valence-electron chi connectivity index (χ2n) is 3.87. The lowest BCUT2D eigenvalue weighted by Crippen LogP contribution is -2.31. The molecule has 0 aliphatic carbocycles. The second kappa shape index (κ2) is 6.40. The van der Waals surface area contributed by atoms with Crippen molar-refractivity contribution in [3.8, 4) is 0 Å². The fraction of sp³-hybridized carbons (Fsp3) is 0.636. The molecule has 1 heterocycles. The van der Waals surface area contributed by atoms with Crippen molar-refractivity contribution in [2.24, 2.45) is 0 Å². The Kier molecular flexibility index (Phi) is 5.14. The molecule has 5 heteroatoms. The molecule has 0 bridgehead atoms. The molecule has 0 saturated heterocycles. The molecule has 0 radical (unpaired) electrons. The van der Waals surface area contributed by atoms with E-state index in [2.05, 4.69) is 15.3 Å². The van der Waals surface area contributed by atoms with Gasteiger partial charge in [-0.3, -0.25) is 9.88 Å². The van der Waals surface area contributed by atoms with Crippen LogP contribution in [0.15, 0.2) is 12.4 Å². The molecule has 0 aliphatic heterocycles. The molecule has 0 spiro atoms. The SMILES string of the molecule is CCNc1cnc(CN(C)C(C)CO)cn1. The van der Waals surface area contributed by atoms with Gasteiger partial charge in [0.25, 0.3) is 0 Å². The normalized spacial score (nSPS) is 12.8. The Balaban J connectivity index is 2.54. The van der Waals surface area contributed by atoms with Crippen LogP contribution in [0, 0.1) is 0 Å². The Morgan fingerprint density at radius 2 is 2.19 bits per heavy atom. The minimum atomic E-state index is 0.134. The third-order valence-electron chi connectivity index (χ3n) is 2.49. The lowest BCUT2D eigenvalue weighted by atomic mass is 10.3. The molecule has 1 rings (SSSR count). The first-order valence-corrected chi connectivity index (χ1v) is 5.53. The third-order valence-corrected chi connectivity index (χ3v) is 2.49. The van der Waals surface area contributed by atoms with Gasteiger partial charge in [-0.25, -0.2) is 4.98 Å². The van der Waals surface area contributed by atoms with Crippen LogP contribution in [-0.4, -0.2) is 46.2 Å². The predicted octanol–water partition coefficient (Wildman–Crippen LogP) is 0.721. The molecule has 2 N–H and O–H groups in total. The van der Waals surface area contributed by atoms with Crippen LogP contribution < -0.4 is 5.32 Å². The van der Waals surface area contributed by atoms with Crippen LogP contribution in [0.25, 0.3) is 0 Å². The van der Waals surface area contributed by atoms with Gasteiger partial charge in [0.15, 0.2) is 0 Å². The average molecular weight is 224 g/mol. The van der Waals surface area contributed by atoms with E-state index in [4.69, 9.17) is 5.11 Å². The summed E-state index contributed by atoms with van der Waals surface area (Å²) in [5.74, 6) is 0.795. The fourth-order valence-electron chi connectivity index (χ4n) is 1.26. The number of aliphatic hydroxyl groups excluding tert-OH is 1. The summed E-state index contributed by atoms with van der Waals surface area (Å²) in [7, 11) is 1.96. The molecule has 16 heavy (non-hydrogen) atoms. The first-order chi connectivity index (χ1) is 7.67. The van der Waals surface area contributed by atoms with Crippen LogP contribution in [-0.2, 0) is 6.54 Å². The van der Waals surface area contributed by atoms with E-state index < -0.39 is 0 Å².